The van der Waals surface area contributed by atoms with Gasteiger partial charge in [-0.1, -0.05) is 6.07 Å². The van der Waals surface area contributed by atoms with Crippen molar-refractivity contribution < 1.29 is 9.13 Å². The summed E-state index contributed by atoms with van der Waals surface area (Å²) >= 11 is 0. The highest BCUT2D eigenvalue weighted by molar-refractivity contribution is 5.37. The minimum Gasteiger partial charge on any atom is -0.496 e. The topological polar surface area (TPSA) is 21.3 Å². The summed E-state index contributed by atoms with van der Waals surface area (Å²) in [5.74, 6) is 0.798. The Morgan fingerprint density at radius 2 is 2.23 bits per heavy atom. The smallest absolute Gasteiger partial charge is 0.123 e. The number of rotatable bonds is 4. The Hall–Kier alpha value is -1.09. The molecule has 0 radical (unpaired) electrons. The number of halogens is 1. The molecule has 0 aromatic heterocycles. The number of hydrogen-bond donors (Lipinski definition) is 1. The van der Waals surface area contributed by atoms with Gasteiger partial charge in [0.1, 0.15) is 12.4 Å². The minimum atomic E-state index is -0.430. The minimum absolute atomic E-state index is 0.430. The van der Waals surface area contributed by atoms with Crippen LogP contribution in [-0.4, -0.2) is 14.2 Å². The highest BCUT2D eigenvalue weighted by Gasteiger charge is 2.02. The van der Waals surface area contributed by atoms with Gasteiger partial charge in [0.15, 0.2) is 0 Å². The highest BCUT2D eigenvalue weighted by atomic mass is 19.1. The Kier molecular flexibility index (Phi) is 3.71. The number of ether oxygens (including phenoxy) is 1. The first kappa shape index (κ1) is 9.99. The van der Waals surface area contributed by atoms with Crippen LogP contribution in [-0.2, 0) is 13.2 Å². The summed E-state index contributed by atoms with van der Waals surface area (Å²) in [5.41, 5.74) is 1.67. The molecule has 2 nitrogen and oxygen atoms in total. The standard InChI is InChI=1S/C10H14FNO/c1-12-7-9-5-8(6-11)3-4-10(9)13-2/h3-5,12H,6-7H2,1-2H3. The maximum atomic E-state index is 12.3. The van der Waals surface area contributed by atoms with Crippen molar-refractivity contribution in [2.45, 2.75) is 13.2 Å². The SMILES string of the molecule is CNCc1cc(CF)ccc1OC. The van der Waals surface area contributed by atoms with E-state index in [-0.39, 0.29) is 0 Å². The van der Waals surface area contributed by atoms with Gasteiger partial charge in [-0.05, 0) is 24.7 Å². The maximum Gasteiger partial charge on any atom is 0.123 e. The van der Waals surface area contributed by atoms with Gasteiger partial charge in [0.05, 0.1) is 7.11 Å². The van der Waals surface area contributed by atoms with Crippen LogP contribution in [0.15, 0.2) is 18.2 Å². The molecule has 0 aliphatic carbocycles. The summed E-state index contributed by atoms with van der Waals surface area (Å²) < 4.78 is 17.5. The van der Waals surface area contributed by atoms with E-state index in [2.05, 4.69) is 5.32 Å². The molecule has 1 aromatic rings. The molecule has 0 saturated heterocycles. The number of alkyl halides is 1. The van der Waals surface area contributed by atoms with Crippen molar-refractivity contribution in [3.63, 3.8) is 0 Å². The van der Waals surface area contributed by atoms with Crippen LogP contribution in [0, 0.1) is 0 Å². The van der Waals surface area contributed by atoms with Gasteiger partial charge in [-0.3, -0.25) is 0 Å². The second kappa shape index (κ2) is 4.82. The molecule has 0 fully saturated rings. The number of hydrogen-bond acceptors (Lipinski definition) is 2. The van der Waals surface area contributed by atoms with Crippen LogP contribution in [0.4, 0.5) is 4.39 Å². The largest absolute Gasteiger partial charge is 0.496 e. The van der Waals surface area contributed by atoms with E-state index in [9.17, 15) is 4.39 Å². The monoisotopic (exact) mass is 183 g/mol. The summed E-state index contributed by atoms with van der Waals surface area (Å²) in [5, 5.41) is 3.01. The third-order valence-electron chi connectivity index (χ3n) is 1.87. The molecular weight excluding hydrogens is 169 g/mol. The first-order valence-electron chi connectivity index (χ1n) is 4.18. The third-order valence-corrected chi connectivity index (χ3v) is 1.87. The number of benzene rings is 1. The predicted molar refractivity (Wildman–Crippen MR) is 50.6 cm³/mol. The van der Waals surface area contributed by atoms with Gasteiger partial charge in [-0.2, -0.15) is 0 Å². The zero-order chi connectivity index (χ0) is 9.68. The van der Waals surface area contributed by atoms with E-state index in [1.165, 1.54) is 0 Å². The molecule has 0 unspecified atom stereocenters. The van der Waals surface area contributed by atoms with Crippen LogP contribution < -0.4 is 10.1 Å². The number of methoxy groups -OCH3 is 1. The van der Waals surface area contributed by atoms with Crippen LogP contribution in [0.3, 0.4) is 0 Å². The van der Waals surface area contributed by atoms with E-state index in [4.69, 9.17) is 4.74 Å². The van der Waals surface area contributed by atoms with Crippen molar-refractivity contribution in [1.29, 1.82) is 0 Å². The van der Waals surface area contributed by atoms with Gasteiger partial charge in [0, 0.05) is 12.1 Å². The van der Waals surface area contributed by atoms with Crippen molar-refractivity contribution >= 4 is 0 Å². The third kappa shape index (κ3) is 2.42. The molecule has 0 aliphatic rings. The summed E-state index contributed by atoms with van der Waals surface area (Å²) in [6, 6.07) is 5.34. The van der Waals surface area contributed by atoms with Gasteiger partial charge >= 0.3 is 0 Å². The Balaban J connectivity index is 2.95. The van der Waals surface area contributed by atoms with E-state index in [1.54, 1.807) is 19.2 Å². The molecule has 1 N–H and O–H groups in total. The van der Waals surface area contributed by atoms with E-state index in [0.29, 0.717) is 12.1 Å². The second-order valence-corrected chi connectivity index (χ2v) is 2.81. The lowest BCUT2D eigenvalue weighted by molar-refractivity contribution is 0.407. The fourth-order valence-corrected chi connectivity index (χ4v) is 1.24. The summed E-state index contributed by atoms with van der Waals surface area (Å²) in [6.07, 6.45) is 0. The lowest BCUT2D eigenvalue weighted by Gasteiger charge is -2.08. The van der Waals surface area contributed by atoms with Crippen LogP contribution in [0.2, 0.25) is 0 Å². The molecule has 0 bridgehead atoms. The molecule has 72 valence electrons. The Bertz CT molecular complexity index is 276. The van der Waals surface area contributed by atoms with E-state index < -0.39 is 6.67 Å². The summed E-state index contributed by atoms with van der Waals surface area (Å²) in [7, 11) is 3.46. The molecule has 0 atom stereocenters. The highest BCUT2D eigenvalue weighted by Crippen LogP contribution is 2.19. The fourth-order valence-electron chi connectivity index (χ4n) is 1.24. The molecule has 1 aromatic carbocycles. The van der Waals surface area contributed by atoms with Crippen LogP contribution in [0.1, 0.15) is 11.1 Å². The van der Waals surface area contributed by atoms with Gasteiger partial charge in [-0.25, -0.2) is 4.39 Å². The molecule has 3 heteroatoms. The molecule has 1 rings (SSSR count). The van der Waals surface area contributed by atoms with Gasteiger partial charge in [0.25, 0.3) is 0 Å². The van der Waals surface area contributed by atoms with Crippen LogP contribution in [0.25, 0.3) is 0 Å². The number of nitrogens with one attached hydrogen (secondary N) is 1. The summed E-state index contributed by atoms with van der Waals surface area (Å²) in [4.78, 5) is 0. The molecule has 0 amide bonds. The Morgan fingerprint density at radius 1 is 1.46 bits per heavy atom. The molecular formula is C10H14FNO. The summed E-state index contributed by atoms with van der Waals surface area (Å²) in [6.45, 7) is 0.262. The second-order valence-electron chi connectivity index (χ2n) is 2.81. The lowest BCUT2D eigenvalue weighted by Crippen LogP contribution is -2.06. The lowest BCUT2D eigenvalue weighted by atomic mass is 10.1. The van der Waals surface area contributed by atoms with Crippen molar-refractivity contribution in [2.75, 3.05) is 14.2 Å². The average molecular weight is 183 g/mol. The molecule has 13 heavy (non-hydrogen) atoms. The van der Waals surface area contributed by atoms with Gasteiger partial charge < -0.3 is 10.1 Å². The van der Waals surface area contributed by atoms with Crippen molar-refractivity contribution in [1.82, 2.24) is 5.32 Å². The predicted octanol–water partition coefficient (Wildman–Crippen LogP) is 1.88. The zero-order valence-corrected chi connectivity index (χ0v) is 7.93. The first-order chi connectivity index (χ1) is 6.31. The fraction of sp³-hybridized carbons (Fsp3) is 0.400. The normalized spacial score (nSPS) is 10.1. The van der Waals surface area contributed by atoms with Crippen molar-refractivity contribution in [3.8, 4) is 5.75 Å². The Morgan fingerprint density at radius 3 is 2.77 bits per heavy atom. The molecule has 0 saturated carbocycles. The van der Waals surface area contributed by atoms with E-state index >= 15 is 0 Å². The molecule has 0 spiro atoms. The maximum absolute atomic E-state index is 12.3. The van der Waals surface area contributed by atoms with Crippen LogP contribution >= 0.6 is 0 Å². The van der Waals surface area contributed by atoms with Crippen molar-refractivity contribution in [2.24, 2.45) is 0 Å². The zero-order valence-electron chi connectivity index (χ0n) is 7.93. The Labute approximate surface area is 77.7 Å². The van der Waals surface area contributed by atoms with Crippen molar-refractivity contribution in [3.05, 3.63) is 29.3 Å². The molecule has 0 heterocycles. The van der Waals surface area contributed by atoms with Crippen LogP contribution in [0.5, 0.6) is 5.75 Å². The van der Waals surface area contributed by atoms with E-state index in [0.717, 1.165) is 11.3 Å². The average Bonchev–Trinajstić information content (AvgIpc) is 2.18. The first-order valence-corrected chi connectivity index (χ1v) is 4.18. The molecule has 0 aliphatic heterocycles. The van der Waals surface area contributed by atoms with Gasteiger partial charge in [-0.15, -0.1) is 0 Å². The quantitative estimate of drug-likeness (QED) is 0.769. The van der Waals surface area contributed by atoms with E-state index in [1.807, 2.05) is 13.1 Å². The van der Waals surface area contributed by atoms with Gasteiger partial charge in [0.2, 0.25) is 0 Å².